The monoisotopic (exact) mass is 194 g/mol. The van der Waals surface area contributed by atoms with Gasteiger partial charge in [-0.1, -0.05) is 12.1 Å². The zero-order chi connectivity index (χ0) is 10.4. The van der Waals surface area contributed by atoms with E-state index in [1.54, 1.807) is 19.1 Å². The molecule has 14 heavy (non-hydrogen) atoms. The smallest absolute Gasteiger partial charge is 0.411 e. The zero-order valence-electron chi connectivity index (χ0n) is 8.12. The predicted octanol–water partition coefficient (Wildman–Crippen LogP) is 1.71. The Morgan fingerprint density at radius 3 is 2.57 bits per heavy atom. The summed E-state index contributed by atoms with van der Waals surface area (Å²) in [6.07, 6.45) is -0.437. The van der Waals surface area contributed by atoms with Gasteiger partial charge in [0.05, 0.1) is 6.61 Å². The van der Waals surface area contributed by atoms with Crippen LogP contribution in [0.5, 0.6) is 0 Å². The lowest BCUT2D eigenvalue weighted by molar-refractivity contribution is 0.168. The first kappa shape index (κ1) is 10.5. The molecule has 0 radical (unpaired) electrons. The summed E-state index contributed by atoms with van der Waals surface area (Å²) in [6, 6.07) is 7.31. The molecule has 0 saturated carbocycles. The Morgan fingerprint density at radius 1 is 1.43 bits per heavy atom. The van der Waals surface area contributed by atoms with E-state index in [1.807, 2.05) is 12.1 Å². The fraction of sp³-hybridized carbons (Fsp3) is 0.300. The Labute approximate surface area is 83.1 Å². The van der Waals surface area contributed by atoms with E-state index in [9.17, 15) is 4.79 Å². The van der Waals surface area contributed by atoms with Crippen molar-refractivity contribution in [2.24, 2.45) is 5.73 Å². The molecule has 76 valence electrons. The molecular formula is C10H14N2O2. The molecule has 1 amide bonds. The lowest BCUT2D eigenvalue weighted by Gasteiger charge is -2.05. The number of anilines is 1. The molecule has 0 bridgehead atoms. The highest BCUT2D eigenvalue weighted by molar-refractivity contribution is 5.84. The van der Waals surface area contributed by atoms with Gasteiger partial charge in [-0.25, -0.2) is 4.79 Å². The molecule has 1 rings (SSSR count). The van der Waals surface area contributed by atoms with Crippen molar-refractivity contribution in [2.45, 2.75) is 13.5 Å². The number of carbonyl (C=O) groups excluding carboxylic acids is 1. The number of ether oxygens (including phenoxy) is 1. The van der Waals surface area contributed by atoms with Gasteiger partial charge in [-0.15, -0.1) is 0 Å². The number of nitrogens with one attached hydrogen (secondary N) is 1. The molecule has 0 aromatic heterocycles. The maximum atomic E-state index is 11.0. The van der Waals surface area contributed by atoms with Gasteiger partial charge in [-0.2, -0.15) is 0 Å². The minimum absolute atomic E-state index is 0.368. The fourth-order valence-corrected chi connectivity index (χ4v) is 1.01. The minimum Gasteiger partial charge on any atom is -0.450 e. The van der Waals surface area contributed by atoms with Gasteiger partial charge in [0.25, 0.3) is 0 Å². The molecule has 0 fully saturated rings. The third-order valence-electron chi connectivity index (χ3n) is 1.71. The second-order valence-electron chi connectivity index (χ2n) is 2.75. The van der Waals surface area contributed by atoms with E-state index in [0.717, 1.165) is 5.56 Å². The van der Waals surface area contributed by atoms with Gasteiger partial charge < -0.3 is 10.5 Å². The van der Waals surface area contributed by atoms with Crippen LogP contribution in [0.4, 0.5) is 10.5 Å². The van der Waals surface area contributed by atoms with Gasteiger partial charge in [0.2, 0.25) is 0 Å². The Bertz CT molecular complexity index is 295. The van der Waals surface area contributed by atoms with Crippen LogP contribution in [0.15, 0.2) is 24.3 Å². The Morgan fingerprint density at radius 2 is 2.07 bits per heavy atom. The number of carbonyl (C=O) groups is 1. The molecular weight excluding hydrogens is 180 g/mol. The molecule has 1 aromatic carbocycles. The average Bonchev–Trinajstić information content (AvgIpc) is 2.19. The third-order valence-corrected chi connectivity index (χ3v) is 1.71. The second-order valence-corrected chi connectivity index (χ2v) is 2.75. The Hall–Kier alpha value is -1.55. The molecule has 0 saturated heterocycles. The lowest BCUT2D eigenvalue weighted by Crippen LogP contribution is -2.13. The number of hydrogen-bond acceptors (Lipinski definition) is 3. The van der Waals surface area contributed by atoms with Crippen molar-refractivity contribution in [2.75, 3.05) is 11.9 Å². The summed E-state index contributed by atoms with van der Waals surface area (Å²) < 4.78 is 4.73. The Balaban J connectivity index is 2.55. The van der Waals surface area contributed by atoms with E-state index in [1.165, 1.54) is 0 Å². The maximum absolute atomic E-state index is 11.0. The van der Waals surface area contributed by atoms with Gasteiger partial charge >= 0.3 is 6.09 Å². The largest absolute Gasteiger partial charge is 0.450 e. The van der Waals surface area contributed by atoms with Crippen LogP contribution in [0.3, 0.4) is 0 Å². The Kier molecular flexibility index (Phi) is 3.94. The van der Waals surface area contributed by atoms with Crippen molar-refractivity contribution in [1.82, 2.24) is 0 Å². The number of benzene rings is 1. The van der Waals surface area contributed by atoms with Crippen LogP contribution in [0.1, 0.15) is 12.5 Å². The van der Waals surface area contributed by atoms with E-state index < -0.39 is 6.09 Å². The average molecular weight is 194 g/mol. The van der Waals surface area contributed by atoms with Crippen LogP contribution in [0.25, 0.3) is 0 Å². The van der Waals surface area contributed by atoms with Crippen molar-refractivity contribution in [1.29, 1.82) is 0 Å². The first-order valence-corrected chi connectivity index (χ1v) is 4.49. The summed E-state index contributed by atoms with van der Waals surface area (Å²) in [7, 11) is 0. The molecule has 0 aliphatic heterocycles. The molecule has 3 N–H and O–H groups in total. The molecule has 0 aliphatic carbocycles. The normalized spacial score (nSPS) is 9.57. The summed E-state index contributed by atoms with van der Waals surface area (Å²) in [6.45, 7) is 2.63. The predicted molar refractivity (Wildman–Crippen MR) is 55.0 cm³/mol. The van der Waals surface area contributed by atoms with Crippen LogP contribution in [-0.2, 0) is 11.3 Å². The highest BCUT2D eigenvalue weighted by atomic mass is 16.5. The molecule has 0 spiro atoms. The standard InChI is InChI=1S/C10H14N2O2/c1-2-14-10(13)12-9-5-3-8(7-11)4-6-9/h3-6H,2,7,11H2,1H3,(H,12,13). The van der Waals surface area contributed by atoms with E-state index in [-0.39, 0.29) is 0 Å². The van der Waals surface area contributed by atoms with Crippen molar-refractivity contribution in [3.05, 3.63) is 29.8 Å². The van der Waals surface area contributed by atoms with Crippen LogP contribution in [0, 0.1) is 0 Å². The lowest BCUT2D eigenvalue weighted by atomic mass is 10.2. The molecule has 4 nitrogen and oxygen atoms in total. The van der Waals surface area contributed by atoms with Gasteiger partial charge in [0.1, 0.15) is 0 Å². The molecule has 0 unspecified atom stereocenters. The molecule has 1 aromatic rings. The highest BCUT2D eigenvalue weighted by Gasteiger charge is 2.00. The van der Waals surface area contributed by atoms with Gasteiger partial charge in [0.15, 0.2) is 0 Å². The number of rotatable bonds is 3. The third kappa shape index (κ3) is 3.06. The summed E-state index contributed by atoms with van der Waals surface area (Å²) >= 11 is 0. The van der Waals surface area contributed by atoms with Gasteiger partial charge in [-0.05, 0) is 24.6 Å². The molecule has 0 aliphatic rings. The zero-order valence-corrected chi connectivity index (χ0v) is 8.12. The van der Waals surface area contributed by atoms with Crippen molar-refractivity contribution in [3.63, 3.8) is 0 Å². The summed E-state index contributed by atoms with van der Waals surface area (Å²) in [5, 5.41) is 2.59. The minimum atomic E-state index is -0.437. The van der Waals surface area contributed by atoms with E-state index in [0.29, 0.717) is 18.8 Å². The van der Waals surface area contributed by atoms with E-state index in [2.05, 4.69) is 5.32 Å². The summed E-state index contributed by atoms with van der Waals surface area (Å²) in [4.78, 5) is 11.0. The quantitative estimate of drug-likeness (QED) is 0.769. The summed E-state index contributed by atoms with van der Waals surface area (Å²) in [5.74, 6) is 0. The van der Waals surface area contributed by atoms with Crippen molar-refractivity contribution in [3.8, 4) is 0 Å². The van der Waals surface area contributed by atoms with Crippen LogP contribution >= 0.6 is 0 Å². The number of nitrogens with two attached hydrogens (primary N) is 1. The topological polar surface area (TPSA) is 64.3 Å². The maximum Gasteiger partial charge on any atom is 0.411 e. The highest BCUT2D eigenvalue weighted by Crippen LogP contribution is 2.09. The second kappa shape index (κ2) is 5.24. The summed E-state index contributed by atoms with van der Waals surface area (Å²) in [5.41, 5.74) is 7.17. The molecule has 0 heterocycles. The van der Waals surface area contributed by atoms with Crippen molar-refractivity contribution < 1.29 is 9.53 Å². The van der Waals surface area contributed by atoms with E-state index >= 15 is 0 Å². The van der Waals surface area contributed by atoms with Crippen LogP contribution in [0.2, 0.25) is 0 Å². The van der Waals surface area contributed by atoms with Gasteiger partial charge in [0, 0.05) is 12.2 Å². The van der Waals surface area contributed by atoms with Gasteiger partial charge in [-0.3, -0.25) is 5.32 Å². The molecule has 0 atom stereocenters. The first-order chi connectivity index (χ1) is 6.76. The van der Waals surface area contributed by atoms with Crippen molar-refractivity contribution >= 4 is 11.8 Å². The molecule has 4 heteroatoms. The number of amides is 1. The number of hydrogen-bond donors (Lipinski definition) is 2. The SMILES string of the molecule is CCOC(=O)Nc1ccc(CN)cc1. The fourth-order valence-electron chi connectivity index (χ4n) is 1.01. The first-order valence-electron chi connectivity index (χ1n) is 4.49. The van der Waals surface area contributed by atoms with Crippen LogP contribution < -0.4 is 11.1 Å². The van der Waals surface area contributed by atoms with E-state index in [4.69, 9.17) is 10.5 Å². The van der Waals surface area contributed by atoms with Crippen LogP contribution in [-0.4, -0.2) is 12.7 Å².